The van der Waals surface area contributed by atoms with Crippen molar-refractivity contribution in [3.63, 3.8) is 0 Å². The maximum atomic E-state index is 13.4. The first kappa shape index (κ1) is 16.3. The van der Waals surface area contributed by atoms with Crippen LogP contribution in [0.1, 0.15) is 6.42 Å². The van der Waals surface area contributed by atoms with Gasteiger partial charge < -0.3 is 14.1 Å². The number of methoxy groups -OCH3 is 1. The predicted molar refractivity (Wildman–Crippen MR) is 91.9 cm³/mol. The summed E-state index contributed by atoms with van der Waals surface area (Å²) in [6.45, 7) is 0.269. The van der Waals surface area contributed by atoms with Crippen LogP contribution in [0, 0.1) is 11.7 Å². The van der Waals surface area contributed by atoms with Gasteiger partial charge in [0.25, 0.3) is 0 Å². The van der Waals surface area contributed by atoms with Gasteiger partial charge in [-0.05, 0) is 36.4 Å². The van der Waals surface area contributed by atoms with Gasteiger partial charge in [0.15, 0.2) is 5.58 Å². The van der Waals surface area contributed by atoms with Crippen molar-refractivity contribution in [2.24, 2.45) is 5.92 Å². The lowest BCUT2D eigenvalue weighted by Crippen LogP contribution is -2.26. The number of halogens is 1. The Morgan fingerprint density at radius 1 is 1.31 bits per heavy atom. The largest absolute Gasteiger partial charge is 0.469 e. The van der Waals surface area contributed by atoms with Crippen molar-refractivity contribution in [1.82, 2.24) is 4.98 Å². The molecular formula is C19H15FN2O4. The van der Waals surface area contributed by atoms with Crippen molar-refractivity contribution in [3.05, 3.63) is 48.3 Å². The summed E-state index contributed by atoms with van der Waals surface area (Å²) in [7, 11) is 1.31. The van der Waals surface area contributed by atoms with Crippen LogP contribution in [0.25, 0.3) is 22.6 Å². The van der Waals surface area contributed by atoms with Gasteiger partial charge in [-0.15, -0.1) is 0 Å². The monoisotopic (exact) mass is 354 g/mol. The summed E-state index contributed by atoms with van der Waals surface area (Å²) in [5.41, 5.74) is 2.25. The van der Waals surface area contributed by atoms with Crippen LogP contribution in [0.4, 0.5) is 10.1 Å². The molecule has 7 heteroatoms. The molecule has 2 aromatic carbocycles. The van der Waals surface area contributed by atoms with Gasteiger partial charge in [0.2, 0.25) is 11.8 Å². The minimum absolute atomic E-state index is 0.123. The highest BCUT2D eigenvalue weighted by Gasteiger charge is 2.36. The van der Waals surface area contributed by atoms with Crippen molar-refractivity contribution in [2.75, 3.05) is 18.6 Å². The fraction of sp³-hybridized carbons (Fsp3) is 0.211. The SMILES string of the molecule is COC(=O)C1CC(=O)N(c2ccc3oc(-c4cccc(F)c4)nc3c2)C1. The highest BCUT2D eigenvalue weighted by atomic mass is 19.1. The van der Waals surface area contributed by atoms with E-state index >= 15 is 0 Å². The highest BCUT2D eigenvalue weighted by Crippen LogP contribution is 2.31. The predicted octanol–water partition coefficient (Wildman–Crippen LogP) is 3.16. The molecule has 1 saturated heterocycles. The number of aromatic nitrogens is 1. The molecule has 2 heterocycles. The lowest BCUT2D eigenvalue weighted by molar-refractivity contribution is -0.145. The van der Waals surface area contributed by atoms with Gasteiger partial charge in [-0.3, -0.25) is 9.59 Å². The first-order chi connectivity index (χ1) is 12.5. The number of fused-ring (bicyclic) bond motifs is 1. The first-order valence-corrected chi connectivity index (χ1v) is 8.10. The molecule has 1 amide bonds. The van der Waals surface area contributed by atoms with Crippen LogP contribution in [0.2, 0.25) is 0 Å². The summed E-state index contributed by atoms with van der Waals surface area (Å²) in [6, 6.07) is 11.1. The van der Waals surface area contributed by atoms with E-state index in [2.05, 4.69) is 4.98 Å². The van der Waals surface area contributed by atoms with E-state index in [1.54, 1.807) is 30.3 Å². The van der Waals surface area contributed by atoms with Crippen molar-refractivity contribution in [3.8, 4) is 11.5 Å². The Morgan fingerprint density at radius 2 is 2.15 bits per heavy atom. The number of nitrogens with zero attached hydrogens (tertiary/aromatic N) is 2. The van der Waals surface area contributed by atoms with Crippen LogP contribution in [0.15, 0.2) is 46.9 Å². The topological polar surface area (TPSA) is 72.6 Å². The summed E-state index contributed by atoms with van der Waals surface area (Å²) in [4.78, 5) is 29.8. The normalized spacial score (nSPS) is 17.1. The zero-order valence-electron chi connectivity index (χ0n) is 13.9. The van der Waals surface area contributed by atoms with E-state index in [4.69, 9.17) is 9.15 Å². The molecule has 0 N–H and O–H groups in total. The van der Waals surface area contributed by atoms with Gasteiger partial charge in [0, 0.05) is 24.2 Å². The molecule has 6 nitrogen and oxygen atoms in total. The van der Waals surface area contributed by atoms with E-state index < -0.39 is 11.9 Å². The summed E-state index contributed by atoms with van der Waals surface area (Å²) in [6.07, 6.45) is 0.123. The summed E-state index contributed by atoms with van der Waals surface area (Å²) >= 11 is 0. The fourth-order valence-electron chi connectivity index (χ4n) is 3.11. The first-order valence-electron chi connectivity index (χ1n) is 8.10. The van der Waals surface area contributed by atoms with E-state index in [1.165, 1.54) is 24.1 Å². The molecule has 1 aliphatic rings. The second-order valence-corrected chi connectivity index (χ2v) is 6.11. The zero-order chi connectivity index (χ0) is 18.3. The molecule has 1 aromatic heterocycles. The number of amides is 1. The van der Waals surface area contributed by atoms with Crippen molar-refractivity contribution in [2.45, 2.75) is 6.42 Å². The average Bonchev–Trinajstić information content (AvgIpc) is 3.24. The number of hydrogen-bond acceptors (Lipinski definition) is 5. The molecule has 132 valence electrons. The number of oxazole rings is 1. The number of esters is 1. The maximum absolute atomic E-state index is 13.4. The molecule has 26 heavy (non-hydrogen) atoms. The summed E-state index contributed by atoms with van der Waals surface area (Å²) in [5, 5.41) is 0. The van der Waals surface area contributed by atoms with Crippen LogP contribution in [-0.4, -0.2) is 30.5 Å². The van der Waals surface area contributed by atoms with Gasteiger partial charge >= 0.3 is 5.97 Å². The lowest BCUT2D eigenvalue weighted by Gasteiger charge is -2.16. The third kappa shape index (κ3) is 2.81. The van der Waals surface area contributed by atoms with E-state index in [9.17, 15) is 14.0 Å². The molecule has 1 atom stereocenters. The minimum Gasteiger partial charge on any atom is -0.469 e. The second-order valence-electron chi connectivity index (χ2n) is 6.11. The van der Waals surface area contributed by atoms with E-state index in [0.29, 0.717) is 28.2 Å². The Labute approximate surface area is 148 Å². The average molecular weight is 354 g/mol. The third-order valence-corrected chi connectivity index (χ3v) is 4.41. The van der Waals surface area contributed by atoms with Gasteiger partial charge in [-0.25, -0.2) is 9.37 Å². The Morgan fingerprint density at radius 3 is 2.92 bits per heavy atom. The highest BCUT2D eigenvalue weighted by molar-refractivity contribution is 6.00. The number of carbonyl (C=O) groups excluding carboxylic acids is 2. The number of anilines is 1. The van der Waals surface area contributed by atoms with Crippen LogP contribution >= 0.6 is 0 Å². The number of rotatable bonds is 3. The minimum atomic E-state index is -0.469. The summed E-state index contributed by atoms with van der Waals surface area (Å²) < 4.78 is 23.8. The molecule has 0 spiro atoms. The third-order valence-electron chi connectivity index (χ3n) is 4.41. The molecule has 1 aliphatic heterocycles. The zero-order valence-corrected chi connectivity index (χ0v) is 13.9. The van der Waals surface area contributed by atoms with Crippen LogP contribution in [0.5, 0.6) is 0 Å². The number of carbonyl (C=O) groups is 2. The molecule has 0 radical (unpaired) electrons. The summed E-state index contributed by atoms with van der Waals surface area (Å²) in [5.74, 6) is -1.08. The van der Waals surface area contributed by atoms with Crippen LogP contribution in [0.3, 0.4) is 0 Å². The van der Waals surface area contributed by atoms with Gasteiger partial charge in [0.1, 0.15) is 11.3 Å². The number of hydrogen-bond donors (Lipinski definition) is 0. The van der Waals surface area contributed by atoms with Crippen molar-refractivity contribution >= 4 is 28.7 Å². The van der Waals surface area contributed by atoms with E-state index in [0.717, 1.165) is 0 Å². The second kappa shape index (κ2) is 6.25. The molecule has 0 bridgehead atoms. The molecule has 1 fully saturated rings. The number of benzene rings is 2. The van der Waals surface area contributed by atoms with Crippen LogP contribution in [-0.2, 0) is 14.3 Å². The Bertz CT molecular complexity index is 1010. The molecular weight excluding hydrogens is 339 g/mol. The standard InChI is InChI=1S/C19H15FN2O4/c1-25-19(24)12-8-17(23)22(10-12)14-5-6-16-15(9-14)21-18(26-16)11-3-2-4-13(20)7-11/h2-7,9,12H,8,10H2,1H3. The van der Waals surface area contributed by atoms with Crippen molar-refractivity contribution < 1.29 is 23.1 Å². The molecule has 3 aromatic rings. The Hall–Kier alpha value is -3.22. The quantitative estimate of drug-likeness (QED) is 0.676. The van der Waals surface area contributed by atoms with Gasteiger partial charge in [-0.2, -0.15) is 0 Å². The van der Waals surface area contributed by atoms with Gasteiger partial charge in [0.05, 0.1) is 13.0 Å². The Balaban J connectivity index is 1.66. The molecule has 1 unspecified atom stereocenters. The fourth-order valence-corrected chi connectivity index (χ4v) is 3.11. The number of ether oxygens (including phenoxy) is 1. The van der Waals surface area contributed by atoms with E-state index in [-0.39, 0.29) is 24.7 Å². The molecule has 0 saturated carbocycles. The van der Waals surface area contributed by atoms with Crippen molar-refractivity contribution in [1.29, 1.82) is 0 Å². The molecule has 0 aliphatic carbocycles. The lowest BCUT2D eigenvalue weighted by atomic mass is 10.1. The smallest absolute Gasteiger partial charge is 0.311 e. The van der Waals surface area contributed by atoms with Gasteiger partial charge in [-0.1, -0.05) is 6.07 Å². The maximum Gasteiger partial charge on any atom is 0.311 e. The van der Waals surface area contributed by atoms with E-state index in [1.807, 2.05) is 0 Å². The Kier molecular flexibility index (Phi) is 3.91. The van der Waals surface area contributed by atoms with Crippen LogP contribution < -0.4 is 4.90 Å². The molecule has 4 rings (SSSR count).